The number of phenolic OH excluding ortho intramolecular Hbond substituents is 1. The van der Waals surface area contributed by atoms with Crippen molar-refractivity contribution in [1.29, 1.82) is 0 Å². The van der Waals surface area contributed by atoms with Gasteiger partial charge >= 0.3 is 29.6 Å². The molecule has 0 unspecified atom stereocenters. The van der Waals surface area contributed by atoms with Crippen LogP contribution in [0.25, 0.3) is 10.8 Å². The van der Waals surface area contributed by atoms with Crippen LogP contribution in [-0.2, 0) is 24.9 Å². The van der Waals surface area contributed by atoms with E-state index >= 15 is 0 Å². The van der Waals surface area contributed by atoms with Crippen LogP contribution in [0.2, 0.25) is 0 Å². The standard InChI is InChI=1S/C18H16N4O7S2.Na.H/c1-10(23)20-13-7-9-16(31(27,28)29)18-14(6-8-15(24)17(13)18)22-21-11-2-4-12(5-3-11)30(19,25)26;;/h2-9,24H,1H3,(H,20,23)(H2,19,25,26)(H,27,28,29);;/q;+1;-1. The number of nitrogens with one attached hydrogen (secondary N) is 1. The molecule has 0 saturated heterocycles. The summed E-state index contributed by atoms with van der Waals surface area (Å²) < 4.78 is 56.1. The van der Waals surface area contributed by atoms with Crippen molar-refractivity contribution in [3.05, 3.63) is 48.5 Å². The zero-order valence-corrected chi connectivity index (χ0v) is 20.5. The van der Waals surface area contributed by atoms with Crippen LogP contribution >= 0.6 is 0 Å². The predicted molar refractivity (Wildman–Crippen MR) is 113 cm³/mol. The topological polar surface area (TPSA) is 189 Å². The maximum absolute atomic E-state index is 11.9. The van der Waals surface area contributed by atoms with Crippen LogP contribution in [0.15, 0.2) is 68.6 Å². The molecular formula is C18H17N4NaO7S2. The average molecular weight is 488 g/mol. The Morgan fingerprint density at radius 3 is 2.12 bits per heavy atom. The summed E-state index contributed by atoms with van der Waals surface area (Å²) in [4.78, 5) is 10.8. The predicted octanol–water partition coefficient (Wildman–Crippen LogP) is -0.0702. The van der Waals surface area contributed by atoms with Gasteiger partial charge in [0.2, 0.25) is 15.9 Å². The molecular weight excluding hydrogens is 471 g/mol. The Morgan fingerprint density at radius 1 is 0.969 bits per heavy atom. The van der Waals surface area contributed by atoms with Crippen LogP contribution < -0.4 is 40.0 Å². The van der Waals surface area contributed by atoms with Gasteiger partial charge in [-0.25, -0.2) is 13.6 Å². The number of amides is 1. The SMILES string of the molecule is CC(=O)Nc1ccc(S(=O)(=O)O)c2c(N=Nc3ccc(S(N)(=O)=O)cc3)ccc(O)c12.[H-].[Na+]. The van der Waals surface area contributed by atoms with Crippen LogP contribution in [0.1, 0.15) is 8.35 Å². The first-order chi connectivity index (χ1) is 14.4. The Morgan fingerprint density at radius 2 is 1.59 bits per heavy atom. The minimum Gasteiger partial charge on any atom is -1.00 e. The number of anilines is 1. The summed E-state index contributed by atoms with van der Waals surface area (Å²) >= 11 is 0. The molecule has 0 aliphatic rings. The summed E-state index contributed by atoms with van der Waals surface area (Å²) in [5.74, 6) is -0.831. The number of azo groups is 1. The summed E-state index contributed by atoms with van der Waals surface area (Å²) in [5.41, 5.74) is 0.283. The Bertz CT molecular complexity index is 1440. The Hall–Kier alpha value is -2.39. The van der Waals surface area contributed by atoms with Crippen molar-refractivity contribution in [2.45, 2.75) is 16.7 Å². The summed E-state index contributed by atoms with van der Waals surface area (Å²) in [6.45, 7) is 1.23. The second kappa shape index (κ2) is 9.62. The van der Waals surface area contributed by atoms with Gasteiger partial charge in [0.1, 0.15) is 10.6 Å². The molecule has 0 fully saturated rings. The molecule has 0 atom stereocenters. The molecule has 0 aromatic heterocycles. The van der Waals surface area contributed by atoms with E-state index < -0.39 is 30.9 Å². The van der Waals surface area contributed by atoms with Crippen LogP contribution in [0.3, 0.4) is 0 Å². The summed E-state index contributed by atoms with van der Waals surface area (Å²) in [6, 6.07) is 9.87. The molecule has 11 nitrogen and oxygen atoms in total. The van der Waals surface area contributed by atoms with Crippen molar-refractivity contribution < 1.29 is 62.3 Å². The van der Waals surface area contributed by atoms with Crippen molar-refractivity contribution in [1.82, 2.24) is 0 Å². The largest absolute Gasteiger partial charge is 1.00 e. The minimum absolute atomic E-state index is 0. The number of rotatable bonds is 5. The zero-order chi connectivity index (χ0) is 23.0. The van der Waals surface area contributed by atoms with Crippen molar-refractivity contribution in [3.8, 4) is 5.75 Å². The molecule has 3 aromatic rings. The molecule has 0 aliphatic heterocycles. The number of benzene rings is 3. The molecule has 5 N–H and O–H groups in total. The molecule has 0 saturated carbocycles. The molecule has 0 aliphatic carbocycles. The number of fused-ring (bicyclic) bond motifs is 1. The van der Waals surface area contributed by atoms with E-state index in [4.69, 9.17) is 5.14 Å². The summed E-state index contributed by atoms with van der Waals surface area (Å²) in [7, 11) is -8.61. The van der Waals surface area contributed by atoms with E-state index in [2.05, 4.69) is 15.5 Å². The fourth-order valence-electron chi connectivity index (χ4n) is 2.83. The third-order valence-electron chi connectivity index (χ3n) is 4.11. The van der Waals surface area contributed by atoms with E-state index in [1.54, 1.807) is 0 Å². The van der Waals surface area contributed by atoms with Gasteiger partial charge in [-0.05, 0) is 48.5 Å². The molecule has 0 radical (unpaired) electrons. The summed E-state index contributed by atoms with van der Waals surface area (Å²) in [5, 5.41) is 25.5. The van der Waals surface area contributed by atoms with E-state index in [-0.39, 0.29) is 69.5 Å². The molecule has 3 rings (SSSR count). The molecule has 0 bridgehead atoms. The summed E-state index contributed by atoms with van der Waals surface area (Å²) in [6.07, 6.45) is 0. The molecule has 1 amide bonds. The van der Waals surface area contributed by atoms with E-state index in [1.165, 1.54) is 49.4 Å². The Kier molecular flexibility index (Phi) is 7.78. The van der Waals surface area contributed by atoms with Crippen molar-refractivity contribution >= 4 is 53.9 Å². The molecule has 0 spiro atoms. The molecule has 0 heterocycles. The fraction of sp³-hybridized carbons (Fsp3) is 0.0556. The van der Waals surface area contributed by atoms with E-state index in [1.807, 2.05) is 0 Å². The molecule has 164 valence electrons. The van der Waals surface area contributed by atoms with E-state index in [0.29, 0.717) is 0 Å². The number of nitrogens with zero attached hydrogens (tertiary/aromatic N) is 2. The number of sulfonamides is 1. The first-order valence-corrected chi connectivity index (χ1v) is 11.4. The van der Waals surface area contributed by atoms with Gasteiger partial charge in [0, 0.05) is 12.3 Å². The van der Waals surface area contributed by atoms with Gasteiger partial charge in [-0.2, -0.15) is 13.5 Å². The van der Waals surface area contributed by atoms with E-state index in [0.717, 1.165) is 6.07 Å². The number of hydrogen-bond donors (Lipinski definition) is 4. The Balaban J connectivity index is 0.00000272. The van der Waals surface area contributed by atoms with Crippen LogP contribution in [-0.4, -0.2) is 32.4 Å². The number of hydrogen-bond acceptors (Lipinski definition) is 8. The van der Waals surface area contributed by atoms with Gasteiger partial charge in [-0.1, -0.05) is 0 Å². The number of nitrogens with two attached hydrogens (primary N) is 1. The number of carbonyl (C=O) groups is 1. The second-order valence-corrected chi connectivity index (χ2v) is 9.31. The molecule has 32 heavy (non-hydrogen) atoms. The molecule has 3 aromatic carbocycles. The van der Waals surface area contributed by atoms with Gasteiger partial charge in [-0.15, -0.1) is 5.11 Å². The monoisotopic (exact) mass is 488 g/mol. The molecule has 14 heteroatoms. The first kappa shape index (κ1) is 25.9. The van der Waals surface area contributed by atoms with Crippen molar-refractivity contribution in [2.24, 2.45) is 15.4 Å². The first-order valence-electron chi connectivity index (χ1n) is 8.46. The Labute approximate surface area is 206 Å². The quantitative estimate of drug-likeness (QED) is 0.220. The number of primary sulfonamides is 1. The zero-order valence-electron chi connectivity index (χ0n) is 17.8. The van der Waals surface area contributed by atoms with Crippen molar-refractivity contribution in [2.75, 3.05) is 5.32 Å². The third-order valence-corrected chi connectivity index (χ3v) is 5.93. The second-order valence-electron chi connectivity index (χ2n) is 6.36. The van der Waals surface area contributed by atoms with Crippen LogP contribution in [0.5, 0.6) is 5.75 Å². The normalized spacial score (nSPS) is 12.0. The van der Waals surface area contributed by atoms with Gasteiger partial charge in [-0.3, -0.25) is 9.35 Å². The minimum atomic E-state index is -4.72. The maximum Gasteiger partial charge on any atom is 1.00 e. The number of phenols is 1. The average Bonchev–Trinajstić information content (AvgIpc) is 2.65. The van der Waals surface area contributed by atoms with Crippen molar-refractivity contribution in [3.63, 3.8) is 0 Å². The third kappa shape index (κ3) is 5.69. The van der Waals surface area contributed by atoms with Gasteiger partial charge in [0.25, 0.3) is 10.1 Å². The van der Waals surface area contributed by atoms with Gasteiger partial charge in [0.15, 0.2) is 0 Å². The fourth-order valence-corrected chi connectivity index (χ4v) is 4.05. The van der Waals surface area contributed by atoms with E-state index in [9.17, 15) is 31.3 Å². The smallest absolute Gasteiger partial charge is 1.00 e. The van der Waals surface area contributed by atoms with Gasteiger partial charge < -0.3 is 11.8 Å². The van der Waals surface area contributed by atoms with Crippen LogP contribution in [0.4, 0.5) is 17.1 Å². The van der Waals surface area contributed by atoms with Crippen LogP contribution in [0, 0.1) is 0 Å². The van der Waals surface area contributed by atoms with Gasteiger partial charge in [0.05, 0.1) is 27.3 Å². The maximum atomic E-state index is 11.9. The number of carbonyl (C=O) groups excluding carboxylic acids is 1. The number of aromatic hydroxyl groups is 1.